The van der Waals surface area contributed by atoms with Crippen LogP contribution in [0.4, 0.5) is 4.79 Å². The number of benzene rings is 1. The van der Waals surface area contributed by atoms with Crippen LogP contribution in [0.3, 0.4) is 0 Å². The number of ether oxygens (including phenoxy) is 1. The van der Waals surface area contributed by atoms with Gasteiger partial charge < -0.3 is 15.4 Å². The van der Waals surface area contributed by atoms with Gasteiger partial charge in [0.2, 0.25) is 11.8 Å². The van der Waals surface area contributed by atoms with Gasteiger partial charge in [0, 0.05) is 26.6 Å². The molecule has 7 nitrogen and oxygen atoms in total. The van der Waals surface area contributed by atoms with Gasteiger partial charge in [0.1, 0.15) is 12.1 Å². The molecule has 0 radical (unpaired) electrons. The van der Waals surface area contributed by atoms with E-state index in [0.29, 0.717) is 26.1 Å². The summed E-state index contributed by atoms with van der Waals surface area (Å²) in [7, 11) is 0. The molecule has 0 bridgehead atoms. The summed E-state index contributed by atoms with van der Waals surface area (Å²) >= 11 is 0. The summed E-state index contributed by atoms with van der Waals surface area (Å²) in [5, 5.41) is 5.39. The van der Waals surface area contributed by atoms with Gasteiger partial charge in [-0.05, 0) is 25.3 Å². The molecule has 1 saturated heterocycles. The first-order chi connectivity index (χ1) is 11.9. The molecule has 1 aromatic rings. The zero-order valence-electron chi connectivity index (χ0n) is 14.7. The number of hydrogen-bond acceptors (Lipinski definition) is 4. The van der Waals surface area contributed by atoms with Gasteiger partial charge in [-0.25, -0.2) is 4.79 Å². The fourth-order valence-corrected chi connectivity index (χ4v) is 2.89. The highest BCUT2D eigenvalue weighted by molar-refractivity contribution is 5.90. The Morgan fingerprint density at radius 3 is 2.52 bits per heavy atom. The van der Waals surface area contributed by atoms with Crippen molar-refractivity contribution in [2.45, 2.75) is 38.8 Å². The van der Waals surface area contributed by atoms with Gasteiger partial charge in [0.25, 0.3) is 0 Å². The molecule has 3 amide bonds. The highest BCUT2D eigenvalue weighted by Gasteiger charge is 2.46. The van der Waals surface area contributed by atoms with Crippen LogP contribution in [-0.4, -0.2) is 48.0 Å². The zero-order chi connectivity index (χ0) is 18.3. The lowest BCUT2D eigenvalue weighted by atomic mass is 9.98. The summed E-state index contributed by atoms with van der Waals surface area (Å²) in [5.74, 6) is -0.376. The second kappa shape index (κ2) is 8.50. The van der Waals surface area contributed by atoms with Crippen molar-refractivity contribution in [2.75, 3.05) is 19.6 Å². The van der Waals surface area contributed by atoms with Crippen LogP contribution in [0.1, 0.15) is 32.3 Å². The van der Waals surface area contributed by atoms with E-state index >= 15 is 0 Å². The zero-order valence-corrected chi connectivity index (χ0v) is 14.7. The Balaban J connectivity index is 1.89. The van der Waals surface area contributed by atoms with E-state index in [1.165, 1.54) is 11.8 Å². The minimum atomic E-state index is -0.927. The van der Waals surface area contributed by atoms with Crippen molar-refractivity contribution in [2.24, 2.45) is 0 Å². The number of carbonyl (C=O) groups excluding carboxylic acids is 3. The van der Waals surface area contributed by atoms with Gasteiger partial charge in [0.15, 0.2) is 0 Å². The number of carbonyl (C=O) groups is 3. The van der Waals surface area contributed by atoms with Crippen LogP contribution < -0.4 is 10.6 Å². The summed E-state index contributed by atoms with van der Waals surface area (Å²) in [6.07, 6.45) is 0.844. The van der Waals surface area contributed by atoms with E-state index in [4.69, 9.17) is 4.74 Å². The molecule has 1 aromatic carbocycles. The normalized spacial score (nSPS) is 19.4. The largest absolute Gasteiger partial charge is 0.445 e. The third-order valence-electron chi connectivity index (χ3n) is 4.34. The maximum atomic E-state index is 12.5. The Hall–Kier alpha value is -2.57. The molecular weight excluding hydrogens is 322 g/mol. The SMILES string of the molecule is CC(=O)NCCNC(=O)C1(C)CCCN1C(=O)OCc1ccccc1. The summed E-state index contributed by atoms with van der Waals surface area (Å²) < 4.78 is 5.36. The number of hydrogen-bond donors (Lipinski definition) is 2. The average molecular weight is 347 g/mol. The van der Waals surface area contributed by atoms with Crippen LogP contribution in [0.5, 0.6) is 0 Å². The van der Waals surface area contributed by atoms with E-state index in [9.17, 15) is 14.4 Å². The number of nitrogens with one attached hydrogen (secondary N) is 2. The predicted octanol–water partition coefficient (Wildman–Crippen LogP) is 1.43. The molecule has 136 valence electrons. The van der Waals surface area contributed by atoms with E-state index in [-0.39, 0.29) is 18.4 Å². The second-order valence-electron chi connectivity index (χ2n) is 6.31. The maximum Gasteiger partial charge on any atom is 0.410 e. The summed E-state index contributed by atoms with van der Waals surface area (Å²) in [5.41, 5.74) is -0.0270. The van der Waals surface area contributed by atoms with Crippen LogP contribution in [0.15, 0.2) is 30.3 Å². The Morgan fingerprint density at radius 1 is 1.16 bits per heavy atom. The molecule has 1 aliphatic heterocycles. The van der Waals surface area contributed by atoms with Crippen molar-refractivity contribution in [1.29, 1.82) is 0 Å². The first kappa shape index (κ1) is 18.8. The third kappa shape index (κ3) is 4.95. The molecular formula is C18H25N3O4. The quantitative estimate of drug-likeness (QED) is 0.762. The predicted molar refractivity (Wildman–Crippen MR) is 92.7 cm³/mol. The molecule has 7 heteroatoms. The van der Waals surface area contributed by atoms with Gasteiger partial charge in [-0.3, -0.25) is 14.5 Å². The van der Waals surface area contributed by atoms with Crippen molar-refractivity contribution in [1.82, 2.24) is 15.5 Å². The van der Waals surface area contributed by atoms with Gasteiger partial charge in [-0.1, -0.05) is 30.3 Å². The van der Waals surface area contributed by atoms with E-state index in [1.807, 2.05) is 30.3 Å². The van der Waals surface area contributed by atoms with Crippen LogP contribution in [0.25, 0.3) is 0 Å². The first-order valence-corrected chi connectivity index (χ1v) is 8.44. The fraction of sp³-hybridized carbons (Fsp3) is 0.500. The number of likely N-dealkylation sites (tertiary alicyclic amines) is 1. The molecule has 2 rings (SSSR count). The molecule has 0 spiro atoms. The maximum absolute atomic E-state index is 12.5. The average Bonchev–Trinajstić information content (AvgIpc) is 3.00. The van der Waals surface area contributed by atoms with Gasteiger partial charge in [-0.2, -0.15) is 0 Å². The Bertz CT molecular complexity index is 620. The Morgan fingerprint density at radius 2 is 1.84 bits per heavy atom. The van der Waals surface area contributed by atoms with Crippen LogP contribution >= 0.6 is 0 Å². The lowest BCUT2D eigenvalue weighted by Gasteiger charge is -2.33. The fourth-order valence-electron chi connectivity index (χ4n) is 2.89. The molecule has 1 aliphatic rings. The molecule has 1 fully saturated rings. The standard InChI is InChI=1S/C18H25N3O4/c1-14(22)19-10-11-20-16(23)18(2)9-6-12-21(18)17(24)25-13-15-7-4-3-5-8-15/h3-5,7-8H,6,9-13H2,1-2H3,(H,19,22)(H,20,23). The highest BCUT2D eigenvalue weighted by Crippen LogP contribution is 2.30. The highest BCUT2D eigenvalue weighted by atomic mass is 16.6. The van der Waals surface area contributed by atoms with Crippen LogP contribution in [0.2, 0.25) is 0 Å². The molecule has 25 heavy (non-hydrogen) atoms. The van der Waals surface area contributed by atoms with Gasteiger partial charge >= 0.3 is 6.09 Å². The van der Waals surface area contributed by atoms with Crippen molar-refractivity contribution < 1.29 is 19.1 Å². The Kier molecular flexibility index (Phi) is 6.38. The lowest BCUT2D eigenvalue weighted by Crippen LogP contribution is -2.56. The molecule has 1 heterocycles. The van der Waals surface area contributed by atoms with Gasteiger partial charge in [0.05, 0.1) is 0 Å². The Labute approximate surface area is 147 Å². The topological polar surface area (TPSA) is 87.7 Å². The van der Waals surface area contributed by atoms with Crippen molar-refractivity contribution in [3.63, 3.8) is 0 Å². The monoisotopic (exact) mass is 347 g/mol. The van der Waals surface area contributed by atoms with E-state index < -0.39 is 11.6 Å². The molecule has 0 saturated carbocycles. The summed E-state index contributed by atoms with van der Waals surface area (Å²) in [6.45, 7) is 4.51. The minimum Gasteiger partial charge on any atom is -0.445 e. The smallest absolute Gasteiger partial charge is 0.410 e. The van der Waals surface area contributed by atoms with Crippen LogP contribution in [0, 0.1) is 0 Å². The molecule has 0 aliphatic carbocycles. The molecule has 1 unspecified atom stereocenters. The van der Waals surface area contributed by atoms with E-state index in [1.54, 1.807) is 6.92 Å². The van der Waals surface area contributed by atoms with Crippen molar-refractivity contribution >= 4 is 17.9 Å². The lowest BCUT2D eigenvalue weighted by molar-refractivity contribution is -0.130. The number of amides is 3. The van der Waals surface area contributed by atoms with Crippen molar-refractivity contribution in [3.8, 4) is 0 Å². The van der Waals surface area contributed by atoms with Gasteiger partial charge in [-0.15, -0.1) is 0 Å². The summed E-state index contributed by atoms with van der Waals surface area (Å²) in [4.78, 5) is 37.3. The first-order valence-electron chi connectivity index (χ1n) is 8.44. The minimum absolute atomic E-state index is 0.146. The van der Waals surface area contributed by atoms with E-state index in [2.05, 4.69) is 10.6 Å². The third-order valence-corrected chi connectivity index (χ3v) is 4.34. The molecule has 2 N–H and O–H groups in total. The van der Waals surface area contributed by atoms with E-state index in [0.717, 1.165) is 12.0 Å². The number of nitrogens with zero attached hydrogens (tertiary/aromatic N) is 1. The van der Waals surface area contributed by atoms with Crippen LogP contribution in [-0.2, 0) is 20.9 Å². The number of rotatable bonds is 6. The second-order valence-corrected chi connectivity index (χ2v) is 6.31. The molecule has 0 aromatic heterocycles. The van der Waals surface area contributed by atoms with Crippen molar-refractivity contribution in [3.05, 3.63) is 35.9 Å². The molecule has 1 atom stereocenters. The summed E-state index contributed by atoms with van der Waals surface area (Å²) in [6, 6.07) is 9.42.